The fourth-order valence-electron chi connectivity index (χ4n) is 1.98. The molecule has 1 aliphatic rings. The second kappa shape index (κ2) is 9.63. The van der Waals surface area contributed by atoms with E-state index in [1.165, 1.54) is 37.9 Å². The minimum atomic E-state index is -0.231. The van der Waals surface area contributed by atoms with E-state index in [4.69, 9.17) is 4.74 Å². The zero-order chi connectivity index (χ0) is 12.3. The second-order valence-corrected chi connectivity index (χ2v) is 5.78. The van der Waals surface area contributed by atoms with Gasteiger partial charge in [0.1, 0.15) is 6.10 Å². The number of nitrogens with one attached hydrogen (secondary N) is 1. The van der Waals surface area contributed by atoms with Crippen LogP contribution in [-0.2, 0) is 4.74 Å². The number of amides is 1. The lowest BCUT2D eigenvalue weighted by Gasteiger charge is -2.11. The summed E-state index contributed by atoms with van der Waals surface area (Å²) in [6.07, 6.45) is 8.29. The minimum Gasteiger partial charge on any atom is -0.446 e. The van der Waals surface area contributed by atoms with Crippen molar-refractivity contribution < 1.29 is 9.53 Å². The topological polar surface area (TPSA) is 38.3 Å². The summed E-state index contributed by atoms with van der Waals surface area (Å²) in [5.74, 6) is 2.19. The third kappa shape index (κ3) is 7.53. The first kappa shape index (κ1) is 14.7. The van der Waals surface area contributed by atoms with Crippen molar-refractivity contribution in [2.24, 2.45) is 0 Å². The Balaban J connectivity index is 1.86. The van der Waals surface area contributed by atoms with Crippen LogP contribution >= 0.6 is 11.8 Å². The Labute approximate surface area is 109 Å². The fourth-order valence-corrected chi connectivity index (χ4v) is 2.84. The lowest BCUT2D eigenvalue weighted by atomic mass is 10.3. The van der Waals surface area contributed by atoms with Gasteiger partial charge in [0.05, 0.1) is 0 Å². The zero-order valence-electron chi connectivity index (χ0n) is 10.9. The van der Waals surface area contributed by atoms with Crippen LogP contribution in [0.5, 0.6) is 0 Å². The standard InChI is InChI=1S/C13H25NO2S/c1-2-3-6-10-17-11-9-14-13(15)16-12-7-4-5-8-12/h12H,2-11H2,1H3,(H,14,15). The van der Waals surface area contributed by atoms with Crippen molar-refractivity contribution in [1.29, 1.82) is 0 Å². The second-order valence-electron chi connectivity index (χ2n) is 4.56. The van der Waals surface area contributed by atoms with E-state index in [2.05, 4.69) is 12.2 Å². The predicted octanol–water partition coefficient (Wildman–Crippen LogP) is 3.58. The van der Waals surface area contributed by atoms with Gasteiger partial charge in [-0.25, -0.2) is 4.79 Å². The minimum absolute atomic E-state index is 0.173. The van der Waals surface area contributed by atoms with Crippen molar-refractivity contribution in [3.05, 3.63) is 0 Å². The van der Waals surface area contributed by atoms with E-state index in [-0.39, 0.29) is 12.2 Å². The highest BCUT2D eigenvalue weighted by atomic mass is 32.2. The van der Waals surface area contributed by atoms with Crippen LogP contribution in [-0.4, -0.2) is 30.2 Å². The molecule has 1 saturated carbocycles. The summed E-state index contributed by atoms with van der Waals surface area (Å²) >= 11 is 1.91. The molecule has 4 heteroatoms. The highest BCUT2D eigenvalue weighted by Crippen LogP contribution is 2.20. The summed E-state index contributed by atoms with van der Waals surface area (Å²) in [5.41, 5.74) is 0. The number of alkyl carbamates (subject to hydrolysis) is 1. The maximum Gasteiger partial charge on any atom is 0.407 e. The molecule has 1 amide bonds. The monoisotopic (exact) mass is 259 g/mol. The Morgan fingerprint density at radius 3 is 2.76 bits per heavy atom. The highest BCUT2D eigenvalue weighted by molar-refractivity contribution is 7.99. The quantitative estimate of drug-likeness (QED) is 0.677. The molecule has 1 rings (SSSR count). The third-order valence-corrected chi connectivity index (χ3v) is 4.05. The number of thioether (sulfide) groups is 1. The molecule has 0 unspecified atom stereocenters. The van der Waals surface area contributed by atoms with E-state index in [1.54, 1.807) is 0 Å². The number of hydrogen-bond donors (Lipinski definition) is 1. The van der Waals surface area contributed by atoms with Gasteiger partial charge in [-0.1, -0.05) is 19.8 Å². The number of ether oxygens (including phenoxy) is 1. The van der Waals surface area contributed by atoms with Gasteiger partial charge in [-0.3, -0.25) is 0 Å². The molecule has 3 nitrogen and oxygen atoms in total. The fraction of sp³-hybridized carbons (Fsp3) is 0.923. The molecule has 1 aliphatic carbocycles. The van der Waals surface area contributed by atoms with Crippen LogP contribution in [0.1, 0.15) is 51.9 Å². The van der Waals surface area contributed by atoms with Crippen LogP contribution in [0.15, 0.2) is 0 Å². The Morgan fingerprint density at radius 1 is 1.29 bits per heavy atom. The van der Waals surface area contributed by atoms with E-state index in [0.717, 1.165) is 25.1 Å². The van der Waals surface area contributed by atoms with Crippen molar-refractivity contribution in [3.63, 3.8) is 0 Å². The number of hydrogen-bond acceptors (Lipinski definition) is 3. The van der Waals surface area contributed by atoms with Crippen LogP contribution < -0.4 is 5.32 Å². The van der Waals surface area contributed by atoms with Crippen LogP contribution in [0.2, 0.25) is 0 Å². The molecule has 17 heavy (non-hydrogen) atoms. The lowest BCUT2D eigenvalue weighted by molar-refractivity contribution is 0.102. The van der Waals surface area contributed by atoms with Gasteiger partial charge in [0.2, 0.25) is 0 Å². The summed E-state index contributed by atoms with van der Waals surface area (Å²) in [6.45, 7) is 2.94. The molecule has 0 bridgehead atoms. The summed E-state index contributed by atoms with van der Waals surface area (Å²) in [7, 11) is 0. The molecular formula is C13H25NO2S. The Morgan fingerprint density at radius 2 is 2.06 bits per heavy atom. The van der Waals surface area contributed by atoms with Gasteiger partial charge in [0.25, 0.3) is 0 Å². The largest absolute Gasteiger partial charge is 0.446 e. The third-order valence-electron chi connectivity index (χ3n) is 2.98. The number of unbranched alkanes of at least 4 members (excludes halogenated alkanes) is 2. The maximum atomic E-state index is 11.4. The van der Waals surface area contributed by atoms with Crippen LogP contribution in [0.3, 0.4) is 0 Å². The van der Waals surface area contributed by atoms with Crippen molar-refractivity contribution >= 4 is 17.9 Å². The van der Waals surface area contributed by atoms with Gasteiger partial charge in [-0.05, 0) is 37.9 Å². The van der Waals surface area contributed by atoms with Gasteiger partial charge in [0.15, 0.2) is 0 Å². The molecular weight excluding hydrogens is 234 g/mol. The maximum absolute atomic E-state index is 11.4. The SMILES string of the molecule is CCCCCSCCNC(=O)OC1CCCC1. The van der Waals surface area contributed by atoms with Crippen LogP contribution in [0.4, 0.5) is 4.79 Å². The number of carbonyl (C=O) groups is 1. The van der Waals surface area contributed by atoms with Crippen LogP contribution in [0.25, 0.3) is 0 Å². The molecule has 0 aromatic rings. The average Bonchev–Trinajstić information content (AvgIpc) is 2.80. The van der Waals surface area contributed by atoms with E-state index in [0.29, 0.717) is 0 Å². The summed E-state index contributed by atoms with van der Waals surface area (Å²) in [6, 6.07) is 0. The van der Waals surface area contributed by atoms with Gasteiger partial charge in [-0.15, -0.1) is 0 Å². The molecule has 0 saturated heterocycles. The molecule has 0 heterocycles. The van der Waals surface area contributed by atoms with E-state index < -0.39 is 0 Å². The van der Waals surface area contributed by atoms with Crippen molar-refractivity contribution in [2.75, 3.05) is 18.1 Å². The van der Waals surface area contributed by atoms with Crippen molar-refractivity contribution in [2.45, 2.75) is 58.0 Å². The van der Waals surface area contributed by atoms with Crippen molar-refractivity contribution in [1.82, 2.24) is 5.32 Å². The number of carbonyl (C=O) groups excluding carboxylic acids is 1. The molecule has 0 aliphatic heterocycles. The van der Waals surface area contributed by atoms with Crippen molar-refractivity contribution in [3.8, 4) is 0 Å². The van der Waals surface area contributed by atoms with Gasteiger partial charge >= 0.3 is 6.09 Å². The zero-order valence-corrected chi connectivity index (χ0v) is 11.7. The first-order chi connectivity index (χ1) is 8.33. The van der Waals surface area contributed by atoms with Gasteiger partial charge < -0.3 is 10.1 Å². The molecule has 0 atom stereocenters. The first-order valence-corrected chi connectivity index (χ1v) is 8.00. The molecule has 100 valence electrons. The summed E-state index contributed by atoms with van der Waals surface area (Å²) in [5, 5.41) is 2.82. The molecule has 1 N–H and O–H groups in total. The molecule has 0 radical (unpaired) electrons. The highest BCUT2D eigenvalue weighted by Gasteiger charge is 2.18. The Kier molecular flexibility index (Phi) is 8.32. The molecule has 0 spiro atoms. The summed E-state index contributed by atoms with van der Waals surface area (Å²) in [4.78, 5) is 11.4. The normalized spacial score (nSPS) is 16.1. The summed E-state index contributed by atoms with van der Waals surface area (Å²) < 4.78 is 5.30. The molecule has 0 aromatic heterocycles. The molecule has 1 fully saturated rings. The number of rotatable bonds is 8. The average molecular weight is 259 g/mol. The lowest BCUT2D eigenvalue weighted by Crippen LogP contribution is -2.29. The van der Waals surface area contributed by atoms with E-state index in [1.807, 2.05) is 11.8 Å². The van der Waals surface area contributed by atoms with E-state index >= 15 is 0 Å². The van der Waals surface area contributed by atoms with Gasteiger partial charge in [-0.2, -0.15) is 11.8 Å². The predicted molar refractivity (Wildman–Crippen MR) is 73.6 cm³/mol. The Bertz CT molecular complexity index is 206. The first-order valence-electron chi connectivity index (χ1n) is 6.85. The van der Waals surface area contributed by atoms with E-state index in [9.17, 15) is 4.79 Å². The van der Waals surface area contributed by atoms with Gasteiger partial charge in [0, 0.05) is 12.3 Å². The Hall–Kier alpha value is -0.380. The smallest absolute Gasteiger partial charge is 0.407 e. The van der Waals surface area contributed by atoms with Crippen LogP contribution in [0, 0.1) is 0 Å². The molecule has 0 aromatic carbocycles.